The number of carbonyl (C=O) groups excluding carboxylic acids is 1. The molecule has 1 fully saturated rings. The quantitative estimate of drug-likeness (QED) is 0.765. The van der Waals surface area contributed by atoms with Crippen molar-refractivity contribution < 1.29 is 4.79 Å². The fraction of sp³-hybridized carbons (Fsp3) is 0.286. The van der Waals surface area contributed by atoms with Crippen LogP contribution in [0.15, 0.2) is 66.7 Å². The molecular weight excluding hydrogens is 282 g/mol. The van der Waals surface area contributed by atoms with Crippen LogP contribution in [-0.4, -0.2) is 23.9 Å². The van der Waals surface area contributed by atoms with Gasteiger partial charge in [-0.15, -0.1) is 0 Å². The molecular formula is C21H23NO. The molecule has 1 unspecified atom stereocenters. The molecule has 1 aliphatic heterocycles. The summed E-state index contributed by atoms with van der Waals surface area (Å²) in [6, 6.07) is 20.6. The van der Waals surface area contributed by atoms with E-state index in [0.29, 0.717) is 5.92 Å². The molecule has 2 nitrogen and oxygen atoms in total. The summed E-state index contributed by atoms with van der Waals surface area (Å²) < 4.78 is 0. The maximum Gasteiger partial charge on any atom is 0.246 e. The molecule has 0 radical (unpaired) electrons. The fourth-order valence-electron chi connectivity index (χ4n) is 3.18. The van der Waals surface area contributed by atoms with Gasteiger partial charge in [0.1, 0.15) is 0 Å². The molecule has 1 saturated heterocycles. The number of likely N-dealkylation sites (tertiary alicyclic amines) is 1. The van der Waals surface area contributed by atoms with Gasteiger partial charge in [-0.2, -0.15) is 0 Å². The molecule has 2 aromatic carbocycles. The van der Waals surface area contributed by atoms with E-state index in [1.54, 1.807) is 6.08 Å². The van der Waals surface area contributed by atoms with Crippen LogP contribution in [0.25, 0.3) is 6.08 Å². The highest BCUT2D eigenvalue weighted by atomic mass is 16.2. The predicted molar refractivity (Wildman–Crippen MR) is 95.1 cm³/mol. The van der Waals surface area contributed by atoms with Gasteiger partial charge >= 0.3 is 0 Å². The first-order chi connectivity index (χ1) is 11.3. The van der Waals surface area contributed by atoms with Gasteiger partial charge in [-0.05, 0) is 30.0 Å². The molecule has 0 aromatic heterocycles. The van der Waals surface area contributed by atoms with Gasteiger partial charge in [-0.3, -0.25) is 4.79 Å². The second-order valence-electron chi connectivity index (χ2n) is 6.13. The van der Waals surface area contributed by atoms with Gasteiger partial charge in [0.05, 0.1) is 0 Å². The van der Waals surface area contributed by atoms with Crippen molar-refractivity contribution >= 4 is 12.0 Å². The maximum absolute atomic E-state index is 12.5. The molecule has 0 spiro atoms. The van der Waals surface area contributed by atoms with Crippen LogP contribution < -0.4 is 0 Å². The second kappa shape index (κ2) is 7.77. The predicted octanol–water partition coefficient (Wildman–Crippen LogP) is 4.50. The van der Waals surface area contributed by atoms with Crippen molar-refractivity contribution in [3.05, 3.63) is 77.9 Å². The molecule has 2 aromatic rings. The average Bonchev–Trinajstić information content (AvgIpc) is 2.88. The number of nitrogens with zero attached hydrogens (tertiary/aromatic N) is 1. The monoisotopic (exact) mass is 305 g/mol. The van der Waals surface area contributed by atoms with Crippen LogP contribution in [0.4, 0.5) is 0 Å². The van der Waals surface area contributed by atoms with Crippen LogP contribution in [0, 0.1) is 0 Å². The van der Waals surface area contributed by atoms with Crippen molar-refractivity contribution in [3.8, 4) is 0 Å². The Bertz CT molecular complexity index is 648. The number of hydrogen-bond acceptors (Lipinski definition) is 1. The lowest BCUT2D eigenvalue weighted by atomic mass is 9.94. The lowest BCUT2D eigenvalue weighted by Crippen LogP contribution is -2.32. The van der Waals surface area contributed by atoms with Gasteiger partial charge in [-0.1, -0.05) is 67.1 Å². The van der Waals surface area contributed by atoms with Crippen molar-refractivity contribution in [2.75, 3.05) is 13.1 Å². The first kappa shape index (κ1) is 15.5. The SMILES string of the molecule is O=C(/C=C/c1ccccc1)N1CCCCC(c2ccccc2)C1. The van der Waals surface area contributed by atoms with Crippen molar-refractivity contribution in [2.45, 2.75) is 25.2 Å². The minimum Gasteiger partial charge on any atom is -0.339 e. The molecule has 118 valence electrons. The highest BCUT2D eigenvalue weighted by Crippen LogP contribution is 2.26. The number of hydrogen-bond donors (Lipinski definition) is 0. The Labute approximate surface area is 138 Å². The normalized spacial score (nSPS) is 18.8. The van der Waals surface area contributed by atoms with Gasteiger partial charge in [0, 0.05) is 25.1 Å². The molecule has 1 heterocycles. The van der Waals surface area contributed by atoms with Gasteiger partial charge in [-0.25, -0.2) is 0 Å². The number of benzene rings is 2. The summed E-state index contributed by atoms with van der Waals surface area (Å²) in [6.07, 6.45) is 7.06. The molecule has 1 aliphatic rings. The first-order valence-corrected chi connectivity index (χ1v) is 8.40. The molecule has 0 saturated carbocycles. The Hall–Kier alpha value is -2.35. The van der Waals surface area contributed by atoms with E-state index < -0.39 is 0 Å². The zero-order valence-corrected chi connectivity index (χ0v) is 13.4. The first-order valence-electron chi connectivity index (χ1n) is 8.40. The van der Waals surface area contributed by atoms with E-state index in [1.807, 2.05) is 47.4 Å². The van der Waals surface area contributed by atoms with Gasteiger partial charge in [0.25, 0.3) is 0 Å². The molecule has 0 N–H and O–H groups in total. The molecule has 2 heteroatoms. The number of carbonyl (C=O) groups is 1. The Morgan fingerprint density at radius 1 is 0.957 bits per heavy atom. The van der Waals surface area contributed by atoms with Crippen molar-refractivity contribution in [1.29, 1.82) is 0 Å². The van der Waals surface area contributed by atoms with Crippen molar-refractivity contribution in [2.24, 2.45) is 0 Å². The third kappa shape index (κ3) is 4.32. The van der Waals surface area contributed by atoms with Gasteiger partial charge in [0.15, 0.2) is 0 Å². The number of amides is 1. The van der Waals surface area contributed by atoms with E-state index in [0.717, 1.165) is 31.5 Å². The Balaban J connectivity index is 1.68. The summed E-state index contributed by atoms with van der Waals surface area (Å²) in [5, 5.41) is 0. The summed E-state index contributed by atoms with van der Waals surface area (Å²) in [7, 11) is 0. The van der Waals surface area contributed by atoms with Crippen LogP contribution in [-0.2, 0) is 4.79 Å². The second-order valence-corrected chi connectivity index (χ2v) is 6.13. The Morgan fingerprint density at radius 2 is 1.65 bits per heavy atom. The Morgan fingerprint density at radius 3 is 2.39 bits per heavy atom. The van der Waals surface area contributed by atoms with E-state index in [2.05, 4.69) is 24.3 Å². The van der Waals surface area contributed by atoms with E-state index in [4.69, 9.17) is 0 Å². The minimum atomic E-state index is 0.122. The highest BCUT2D eigenvalue weighted by Gasteiger charge is 2.21. The third-order valence-electron chi connectivity index (χ3n) is 4.47. The summed E-state index contributed by atoms with van der Waals surface area (Å²) in [5.74, 6) is 0.574. The van der Waals surface area contributed by atoms with E-state index >= 15 is 0 Å². The Kier molecular flexibility index (Phi) is 5.25. The summed E-state index contributed by atoms with van der Waals surface area (Å²) in [6.45, 7) is 1.68. The molecule has 3 rings (SSSR count). The van der Waals surface area contributed by atoms with Crippen LogP contribution >= 0.6 is 0 Å². The zero-order chi connectivity index (χ0) is 15.9. The molecule has 1 amide bonds. The van der Waals surface area contributed by atoms with E-state index in [9.17, 15) is 4.79 Å². The van der Waals surface area contributed by atoms with Gasteiger partial charge < -0.3 is 4.90 Å². The van der Waals surface area contributed by atoms with Crippen LogP contribution in [0.5, 0.6) is 0 Å². The minimum absolute atomic E-state index is 0.122. The van der Waals surface area contributed by atoms with E-state index in [1.165, 1.54) is 12.0 Å². The van der Waals surface area contributed by atoms with Crippen LogP contribution in [0.1, 0.15) is 36.3 Å². The standard InChI is InChI=1S/C21H23NO/c23-21(15-14-18-9-3-1-4-10-18)22-16-8-7-13-20(17-22)19-11-5-2-6-12-19/h1-6,9-12,14-15,20H,7-8,13,16-17H2/b15-14+. The smallest absolute Gasteiger partial charge is 0.246 e. The van der Waals surface area contributed by atoms with Gasteiger partial charge in [0.2, 0.25) is 5.91 Å². The lowest BCUT2D eigenvalue weighted by molar-refractivity contribution is -0.126. The fourth-order valence-corrected chi connectivity index (χ4v) is 3.18. The zero-order valence-electron chi connectivity index (χ0n) is 13.4. The molecule has 1 atom stereocenters. The molecule has 0 aliphatic carbocycles. The summed E-state index contributed by atoms with van der Waals surface area (Å²) in [4.78, 5) is 14.5. The summed E-state index contributed by atoms with van der Waals surface area (Å²) >= 11 is 0. The maximum atomic E-state index is 12.5. The number of rotatable bonds is 3. The lowest BCUT2D eigenvalue weighted by Gasteiger charge is -2.23. The topological polar surface area (TPSA) is 20.3 Å². The van der Waals surface area contributed by atoms with Crippen LogP contribution in [0.2, 0.25) is 0 Å². The molecule has 23 heavy (non-hydrogen) atoms. The largest absolute Gasteiger partial charge is 0.339 e. The average molecular weight is 305 g/mol. The van der Waals surface area contributed by atoms with Crippen LogP contribution in [0.3, 0.4) is 0 Å². The third-order valence-corrected chi connectivity index (χ3v) is 4.47. The summed E-state index contributed by atoms with van der Waals surface area (Å²) in [5.41, 5.74) is 2.41. The highest BCUT2D eigenvalue weighted by molar-refractivity contribution is 5.91. The van der Waals surface area contributed by atoms with Crippen molar-refractivity contribution in [3.63, 3.8) is 0 Å². The molecule has 0 bridgehead atoms. The van der Waals surface area contributed by atoms with Crippen molar-refractivity contribution in [1.82, 2.24) is 4.90 Å². The van der Waals surface area contributed by atoms with E-state index in [-0.39, 0.29) is 5.91 Å².